The van der Waals surface area contributed by atoms with Crippen molar-refractivity contribution in [2.75, 3.05) is 0 Å². The van der Waals surface area contributed by atoms with Gasteiger partial charge in [-0.2, -0.15) is 0 Å². The second kappa shape index (κ2) is 13.9. The van der Waals surface area contributed by atoms with Crippen molar-refractivity contribution in [1.29, 1.82) is 0 Å². The topological polar surface area (TPSA) is 0 Å². The fourth-order valence-electron chi connectivity index (χ4n) is 10.1. The van der Waals surface area contributed by atoms with Crippen molar-refractivity contribution in [2.24, 2.45) is 0 Å². The summed E-state index contributed by atoms with van der Waals surface area (Å²) in [5, 5.41) is 11.9. The summed E-state index contributed by atoms with van der Waals surface area (Å²) in [6, 6.07) is 52.0. The highest BCUT2D eigenvalue weighted by molar-refractivity contribution is 7.20. The molecule has 1 heteroatoms. The van der Waals surface area contributed by atoms with Crippen molar-refractivity contribution < 1.29 is 0 Å². The molecule has 276 valence electrons. The average molecular weight is 751 g/mol. The zero-order valence-corrected chi connectivity index (χ0v) is 34.2. The predicted octanol–water partition coefficient (Wildman–Crippen LogP) is 16.4. The second-order valence-corrected chi connectivity index (χ2v) is 17.3. The molecule has 0 amide bonds. The van der Waals surface area contributed by atoms with Crippen LogP contribution in [-0.4, -0.2) is 0 Å². The molecule has 0 bridgehead atoms. The van der Waals surface area contributed by atoms with E-state index in [0.717, 1.165) is 12.8 Å². The molecule has 1 aromatic heterocycles. The highest BCUT2D eigenvalue weighted by Crippen LogP contribution is 2.57. The first-order valence-corrected chi connectivity index (χ1v) is 21.3. The molecule has 1 aliphatic carbocycles. The first kappa shape index (κ1) is 35.4. The Balaban J connectivity index is 1.16. The van der Waals surface area contributed by atoms with Crippen molar-refractivity contribution in [3.05, 3.63) is 190 Å². The number of benzene rings is 8. The summed E-state index contributed by atoms with van der Waals surface area (Å²) in [4.78, 5) is 1.39. The van der Waals surface area contributed by atoms with Crippen LogP contribution < -0.4 is 0 Å². The second-order valence-electron chi connectivity index (χ2n) is 16.1. The van der Waals surface area contributed by atoms with E-state index in [2.05, 4.69) is 198 Å². The van der Waals surface area contributed by atoms with Crippen LogP contribution in [0.2, 0.25) is 0 Å². The lowest BCUT2D eigenvalue weighted by molar-refractivity contribution is 0.664. The minimum atomic E-state index is -0.130. The number of rotatable bonds is 6. The third-order valence-corrected chi connectivity index (χ3v) is 13.6. The van der Waals surface area contributed by atoms with E-state index in [1.165, 1.54) is 114 Å². The quantitative estimate of drug-likeness (QED) is 0.149. The highest BCUT2D eigenvalue weighted by Gasteiger charge is 2.41. The molecule has 0 spiro atoms. The van der Waals surface area contributed by atoms with Crippen LogP contribution in [0, 0.1) is 6.92 Å². The third-order valence-electron chi connectivity index (χ3n) is 12.4. The van der Waals surface area contributed by atoms with Gasteiger partial charge in [0.1, 0.15) is 0 Å². The molecule has 1 aliphatic rings. The lowest BCUT2D eigenvalue weighted by atomic mass is 9.79. The minimum Gasteiger partial charge on any atom is -0.139 e. The Labute approximate surface area is 340 Å². The SMILES string of the molecule is C/C=C\c1c(C)sc2c1c1c(c3ccccc32)C(=C/Cc2cccc(-c3c4ccccc4c(-c4cccc5ccccc45)c4ccccc34)c2)/C(=C\CC)C1(C)C. The lowest BCUT2D eigenvalue weighted by Gasteiger charge is -2.24. The summed E-state index contributed by atoms with van der Waals surface area (Å²) in [5.41, 5.74) is 13.5. The first-order valence-electron chi connectivity index (χ1n) is 20.4. The number of thiophene rings is 1. The van der Waals surface area contributed by atoms with Gasteiger partial charge < -0.3 is 0 Å². The van der Waals surface area contributed by atoms with Gasteiger partial charge in [0.15, 0.2) is 0 Å². The summed E-state index contributed by atoms with van der Waals surface area (Å²) >= 11 is 1.95. The smallest absolute Gasteiger partial charge is 0.0433 e. The van der Waals surface area contributed by atoms with Gasteiger partial charge in [0.05, 0.1) is 0 Å². The van der Waals surface area contributed by atoms with Gasteiger partial charge in [0.2, 0.25) is 0 Å². The van der Waals surface area contributed by atoms with Gasteiger partial charge in [-0.05, 0) is 120 Å². The number of fused-ring (bicyclic) bond motifs is 9. The maximum atomic E-state index is 2.54. The summed E-state index contributed by atoms with van der Waals surface area (Å²) in [6.45, 7) is 11.6. The van der Waals surface area contributed by atoms with Crippen molar-refractivity contribution in [3.8, 4) is 22.3 Å². The van der Waals surface area contributed by atoms with Crippen molar-refractivity contribution in [3.63, 3.8) is 0 Å². The Morgan fingerprint density at radius 3 is 1.84 bits per heavy atom. The summed E-state index contributed by atoms with van der Waals surface area (Å²) in [7, 11) is 0. The Bertz CT molecular complexity index is 3110. The fraction of sp³-hybridized carbons (Fsp3) is 0.143. The van der Waals surface area contributed by atoms with Crippen LogP contribution in [-0.2, 0) is 11.8 Å². The van der Waals surface area contributed by atoms with Crippen LogP contribution in [0.5, 0.6) is 0 Å². The fourth-order valence-corrected chi connectivity index (χ4v) is 11.2. The van der Waals surface area contributed by atoms with Crippen molar-refractivity contribution >= 4 is 76.2 Å². The molecule has 8 aromatic carbocycles. The van der Waals surface area contributed by atoms with Gasteiger partial charge in [-0.25, -0.2) is 0 Å². The van der Waals surface area contributed by atoms with Crippen LogP contribution in [0.3, 0.4) is 0 Å². The first-order chi connectivity index (χ1) is 27.9. The minimum absolute atomic E-state index is 0.130. The zero-order chi connectivity index (χ0) is 38.8. The molecule has 10 rings (SSSR count). The summed E-state index contributed by atoms with van der Waals surface area (Å²) < 4.78 is 1.42. The van der Waals surface area contributed by atoms with Crippen LogP contribution >= 0.6 is 11.3 Å². The van der Waals surface area contributed by atoms with Crippen LogP contribution in [0.15, 0.2) is 163 Å². The lowest BCUT2D eigenvalue weighted by Crippen LogP contribution is -2.16. The number of allylic oxidation sites excluding steroid dienone is 5. The van der Waals surface area contributed by atoms with E-state index < -0.39 is 0 Å². The van der Waals surface area contributed by atoms with E-state index in [1.54, 1.807) is 0 Å². The molecule has 0 fully saturated rings. The molecule has 0 unspecified atom stereocenters. The molecule has 9 aromatic rings. The van der Waals surface area contributed by atoms with Crippen molar-refractivity contribution in [2.45, 2.75) is 52.9 Å². The molecule has 0 aliphatic heterocycles. The largest absolute Gasteiger partial charge is 0.139 e. The van der Waals surface area contributed by atoms with Crippen LogP contribution in [0.1, 0.15) is 61.2 Å². The predicted molar refractivity (Wildman–Crippen MR) is 252 cm³/mol. The Hall–Kier alpha value is -6.02. The molecular weight excluding hydrogens is 705 g/mol. The standard InChI is InChI=1S/C56H46S/c1-6-18-39-35(3)57-55-47-30-15-14-29-46(47)52-48(49(19-7-2)56(4,5)54(52)53(39)55)33-32-36-20-16-23-38(34-36)50-42-25-10-12-27-44(42)51(45-28-13-11-26-43(45)50)41-31-17-22-37-21-8-9-24-40(37)41/h6,8-31,33-34H,7,32H2,1-5H3/b18-6-,48-33+,49-19+. The molecule has 0 nitrogen and oxygen atoms in total. The van der Waals surface area contributed by atoms with Crippen molar-refractivity contribution in [1.82, 2.24) is 0 Å². The molecule has 0 radical (unpaired) electrons. The maximum Gasteiger partial charge on any atom is 0.0433 e. The van der Waals surface area contributed by atoms with Gasteiger partial charge in [-0.3, -0.25) is 0 Å². The molecule has 57 heavy (non-hydrogen) atoms. The van der Waals surface area contributed by atoms with E-state index in [4.69, 9.17) is 0 Å². The van der Waals surface area contributed by atoms with E-state index >= 15 is 0 Å². The number of hydrogen-bond acceptors (Lipinski definition) is 1. The Morgan fingerprint density at radius 2 is 1.18 bits per heavy atom. The van der Waals surface area contributed by atoms with Gasteiger partial charge in [0.25, 0.3) is 0 Å². The normalized spacial score (nSPS) is 15.4. The van der Waals surface area contributed by atoms with E-state index in [-0.39, 0.29) is 5.41 Å². The van der Waals surface area contributed by atoms with E-state index in [9.17, 15) is 0 Å². The zero-order valence-electron chi connectivity index (χ0n) is 33.4. The molecular formula is C56H46S. The number of hydrogen-bond donors (Lipinski definition) is 0. The maximum absolute atomic E-state index is 2.54. The van der Waals surface area contributed by atoms with Crippen LogP contribution in [0.4, 0.5) is 0 Å². The van der Waals surface area contributed by atoms with E-state index in [0.29, 0.717) is 0 Å². The van der Waals surface area contributed by atoms with Gasteiger partial charge in [0, 0.05) is 25.8 Å². The van der Waals surface area contributed by atoms with Gasteiger partial charge >= 0.3 is 0 Å². The molecule has 0 N–H and O–H groups in total. The molecule has 1 heterocycles. The number of aryl methyl sites for hydroxylation is 1. The summed E-state index contributed by atoms with van der Waals surface area (Å²) in [5.74, 6) is 0. The highest BCUT2D eigenvalue weighted by atomic mass is 32.1. The van der Waals surface area contributed by atoms with Crippen LogP contribution in [0.25, 0.3) is 87.1 Å². The third kappa shape index (κ3) is 5.47. The van der Waals surface area contributed by atoms with Gasteiger partial charge in [-0.1, -0.05) is 185 Å². The van der Waals surface area contributed by atoms with E-state index in [1.807, 2.05) is 11.3 Å². The molecule has 0 saturated carbocycles. The average Bonchev–Trinajstić information content (AvgIpc) is 3.68. The van der Waals surface area contributed by atoms with Gasteiger partial charge in [-0.15, -0.1) is 11.3 Å². The molecule has 0 atom stereocenters. The monoisotopic (exact) mass is 750 g/mol. The summed E-state index contributed by atoms with van der Waals surface area (Å²) in [6.07, 6.45) is 11.4. The molecule has 0 saturated heterocycles. The Morgan fingerprint density at radius 1 is 0.596 bits per heavy atom. The Kier molecular flexibility index (Phi) is 8.61.